The van der Waals surface area contributed by atoms with Crippen molar-refractivity contribution in [2.24, 2.45) is 0 Å². The molecule has 3 aromatic rings. The first-order valence-electron chi connectivity index (χ1n) is 12.4. The molecule has 1 fully saturated rings. The van der Waals surface area contributed by atoms with Gasteiger partial charge in [0.25, 0.3) is 5.91 Å². The predicted octanol–water partition coefficient (Wildman–Crippen LogP) is 4.19. The largest absolute Gasteiger partial charge is 0.497 e. The van der Waals surface area contributed by atoms with Crippen LogP contribution in [0.1, 0.15) is 36.4 Å². The number of amides is 2. The van der Waals surface area contributed by atoms with Gasteiger partial charge in [-0.2, -0.15) is 0 Å². The zero-order valence-electron chi connectivity index (χ0n) is 21.1. The summed E-state index contributed by atoms with van der Waals surface area (Å²) in [5.41, 5.74) is 1.73. The number of hydrogen-bond donors (Lipinski definition) is 0. The second kappa shape index (κ2) is 12.0. The third kappa shape index (κ3) is 6.02. The summed E-state index contributed by atoms with van der Waals surface area (Å²) in [6.07, 6.45) is 1.62. The number of aromatic nitrogens is 2. The molecular formula is C27H33N5O3S. The highest BCUT2D eigenvalue weighted by molar-refractivity contribution is 7.12. The van der Waals surface area contributed by atoms with Crippen molar-refractivity contribution < 1.29 is 14.3 Å². The predicted molar refractivity (Wildman–Crippen MR) is 143 cm³/mol. The van der Waals surface area contributed by atoms with E-state index in [1.54, 1.807) is 12.0 Å². The molecule has 4 rings (SSSR count). The van der Waals surface area contributed by atoms with Gasteiger partial charge in [-0.15, -0.1) is 21.5 Å². The molecule has 0 radical (unpaired) electrons. The van der Waals surface area contributed by atoms with Gasteiger partial charge in [0.2, 0.25) is 5.91 Å². The molecule has 9 heteroatoms. The standard InChI is InChI=1S/C27H33N5O3S/c1-4-20(2)32(27(34)24-10-6-17-36-24)19-26(33)31-14-7-13-30(15-16-31)25-12-11-23(28-29-25)21-8-5-9-22(18-21)35-3/h5-6,8-12,17-18,20H,4,7,13-16,19H2,1-3H3. The Morgan fingerprint density at radius 2 is 1.94 bits per heavy atom. The molecule has 1 aliphatic rings. The maximum atomic E-state index is 13.2. The Kier molecular flexibility index (Phi) is 8.53. The lowest BCUT2D eigenvalue weighted by atomic mass is 10.1. The van der Waals surface area contributed by atoms with Crippen LogP contribution < -0.4 is 9.64 Å². The number of thiophene rings is 1. The maximum absolute atomic E-state index is 13.2. The second-order valence-electron chi connectivity index (χ2n) is 8.90. The van der Waals surface area contributed by atoms with E-state index in [-0.39, 0.29) is 24.4 Å². The summed E-state index contributed by atoms with van der Waals surface area (Å²) in [5.74, 6) is 1.49. The Labute approximate surface area is 216 Å². The van der Waals surface area contributed by atoms with Gasteiger partial charge in [0.05, 0.1) is 17.7 Å². The summed E-state index contributed by atoms with van der Waals surface area (Å²) in [6, 6.07) is 15.4. The fourth-order valence-corrected chi connectivity index (χ4v) is 4.94. The molecule has 0 bridgehead atoms. The van der Waals surface area contributed by atoms with Crippen molar-refractivity contribution in [2.45, 2.75) is 32.7 Å². The lowest BCUT2D eigenvalue weighted by molar-refractivity contribution is -0.132. The minimum atomic E-state index is -0.0736. The van der Waals surface area contributed by atoms with Crippen molar-refractivity contribution in [1.29, 1.82) is 0 Å². The second-order valence-corrected chi connectivity index (χ2v) is 9.85. The number of ether oxygens (including phenoxy) is 1. The fourth-order valence-electron chi connectivity index (χ4n) is 4.26. The van der Waals surface area contributed by atoms with Crippen LogP contribution in [0.25, 0.3) is 11.3 Å². The minimum Gasteiger partial charge on any atom is -0.497 e. The van der Waals surface area contributed by atoms with Gasteiger partial charge in [-0.3, -0.25) is 9.59 Å². The monoisotopic (exact) mass is 507 g/mol. The van der Waals surface area contributed by atoms with E-state index in [0.29, 0.717) is 24.5 Å². The lowest BCUT2D eigenvalue weighted by Crippen LogP contribution is -2.47. The SMILES string of the molecule is CCC(C)N(CC(=O)N1CCCN(c2ccc(-c3cccc(OC)c3)nn2)CC1)C(=O)c1cccs1. The van der Waals surface area contributed by atoms with Crippen LogP contribution in [0, 0.1) is 0 Å². The Bertz CT molecular complexity index is 1150. The van der Waals surface area contributed by atoms with Crippen LogP contribution in [0.4, 0.5) is 5.82 Å². The number of carbonyl (C=O) groups excluding carboxylic acids is 2. The summed E-state index contributed by atoms with van der Waals surface area (Å²) in [5, 5.41) is 10.8. The molecular weight excluding hydrogens is 474 g/mol. The molecule has 36 heavy (non-hydrogen) atoms. The topological polar surface area (TPSA) is 78.9 Å². The third-order valence-corrected chi connectivity index (χ3v) is 7.47. The van der Waals surface area contributed by atoms with Crippen molar-refractivity contribution in [3.8, 4) is 17.0 Å². The van der Waals surface area contributed by atoms with Crippen molar-refractivity contribution in [1.82, 2.24) is 20.0 Å². The molecule has 2 aromatic heterocycles. The van der Waals surface area contributed by atoms with E-state index >= 15 is 0 Å². The van der Waals surface area contributed by atoms with E-state index < -0.39 is 0 Å². The quantitative estimate of drug-likeness (QED) is 0.455. The first kappa shape index (κ1) is 25.6. The van der Waals surface area contributed by atoms with Gasteiger partial charge in [0, 0.05) is 37.8 Å². The number of rotatable bonds is 8. The van der Waals surface area contributed by atoms with Gasteiger partial charge < -0.3 is 19.4 Å². The molecule has 1 aromatic carbocycles. The zero-order chi connectivity index (χ0) is 25.5. The lowest BCUT2D eigenvalue weighted by Gasteiger charge is -2.30. The van der Waals surface area contributed by atoms with E-state index in [1.165, 1.54) is 11.3 Å². The maximum Gasteiger partial charge on any atom is 0.264 e. The van der Waals surface area contributed by atoms with Crippen LogP contribution in [0.15, 0.2) is 53.9 Å². The molecule has 8 nitrogen and oxygen atoms in total. The molecule has 0 saturated carbocycles. The number of carbonyl (C=O) groups is 2. The number of nitrogens with zero attached hydrogens (tertiary/aromatic N) is 5. The van der Waals surface area contributed by atoms with E-state index in [2.05, 4.69) is 15.1 Å². The molecule has 190 valence electrons. The van der Waals surface area contributed by atoms with E-state index in [4.69, 9.17) is 4.74 Å². The third-order valence-electron chi connectivity index (χ3n) is 6.61. The van der Waals surface area contributed by atoms with Crippen LogP contribution in [-0.4, -0.2) is 77.7 Å². The van der Waals surface area contributed by atoms with Gasteiger partial charge in [-0.1, -0.05) is 25.1 Å². The summed E-state index contributed by atoms with van der Waals surface area (Å²) < 4.78 is 5.30. The average molecular weight is 508 g/mol. The van der Waals surface area contributed by atoms with E-state index in [0.717, 1.165) is 42.2 Å². The first-order valence-corrected chi connectivity index (χ1v) is 13.2. The molecule has 0 aliphatic carbocycles. The van der Waals surface area contributed by atoms with Gasteiger partial charge in [-0.05, 0) is 55.5 Å². The van der Waals surface area contributed by atoms with Crippen molar-refractivity contribution in [3.63, 3.8) is 0 Å². The van der Waals surface area contributed by atoms with Crippen molar-refractivity contribution >= 4 is 29.0 Å². The number of hydrogen-bond acceptors (Lipinski definition) is 7. The van der Waals surface area contributed by atoms with Crippen LogP contribution in [0.5, 0.6) is 5.75 Å². The molecule has 3 heterocycles. The number of benzene rings is 1. The molecule has 1 atom stereocenters. The number of methoxy groups -OCH3 is 1. The summed E-state index contributed by atoms with van der Waals surface area (Å²) >= 11 is 1.41. The molecule has 2 amide bonds. The van der Waals surface area contributed by atoms with Crippen LogP contribution in [0.3, 0.4) is 0 Å². The first-order chi connectivity index (χ1) is 17.5. The highest BCUT2D eigenvalue weighted by Gasteiger charge is 2.27. The summed E-state index contributed by atoms with van der Waals surface area (Å²) in [4.78, 5) is 32.7. The van der Waals surface area contributed by atoms with Gasteiger partial charge in [0.15, 0.2) is 5.82 Å². The zero-order valence-corrected chi connectivity index (χ0v) is 21.9. The van der Waals surface area contributed by atoms with Crippen molar-refractivity contribution in [3.05, 3.63) is 58.8 Å². The van der Waals surface area contributed by atoms with Gasteiger partial charge in [-0.25, -0.2) is 0 Å². The Morgan fingerprint density at radius 3 is 2.64 bits per heavy atom. The molecule has 0 spiro atoms. The van der Waals surface area contributed by atoms with Crippen LogP contribution >= 0.6 is 11.3 Å². The fraction of sp³-hybridized carbons (Fsp3) is 0.407. The average Bonchev–Trinajstić information content (AvgIpc) is 3.35. The van der Waals surface area contributed by atoms with E-state index in [1.807, 2.05) is 72.7 Å². The minimum absolute atomic E-state index is 0.00889. The highest BCUT2D eigenvalue weighted by Crippen LogP contribution is 2.23. The smallest absolute Gasteiger partial charge is 0.264 e. The van der Waals surface area contributed by atoms with Gasteiger partial charge >= 0.3 is 0 Å². The Balaban J connectivity index is 1.38. The Hall–Kier alpha value is -3.46. The van der Waals surface area contributed by atoms with E-state index in [9.17, 15) is 9.59 Å². The van der Waals surface area contributed by atoms with Crippen LogP contribution in [0.2, 0.25) is 0 Å². The molecule has 1 saturated heterocycles. The highest BCUT2D eigenvalue weighted by atomic mass is 32.1. The number of anilines is 1. The van der Waals surface area contributed by atoms with Crippen molar-refractivity contribution in [2.75, 3.05) is 44.7 Å². The summed E-state index contributed by atoms with van der Waals surface area (Å²) in [6.45, 7) is 6.83. The summed E-state index contributed by atoms with van der Waals surface area (Å²) in [7, 11) is 1.64. The van der Waals surface area contributed by atoms with Gasteiger partial charge in [0.1, 0.15) is 12.3 Å². The van der Waals surface area contributed by atoms with Crippen LogP contribution in [-0.2, 0) is 4.79 Å². The Morgan fingerprint density at radius 1 is 1.08 bits per heavy atom. The molecule has 1 unspecified atom stereocenters. The normalized spacial score (nSPS) is 14.8. The molecule has 1 aliphatic heterocycles. The molecule has 0 N–H and O–H groups in total.